The zero-order chi connectivity index (χ0) is 25.2. The quantitative estimate of drug-likeness (QED) is 0.642. The monoisotopic (exact) mass is 477 g/mol. The molecule has 0 aliphatic carbocycles. The van der Waals surface area contributed by atoms with Crippen LogP contribution >= 0.6 is 0 Å². The van der Waals surface area contributed by atoms with Crippen molar-refractivity contribution in [2.45, 2.75) is 45.1 Å². The molecule has 1 aliphatic heterocycles. The van der Waals surface area contributed by atoms with Crippen LogP contribution in [0.25, 0.3) is 0 Å². The molecule has 33 heavy (non-hydrogen) atoms. The highest BCUT2D eigenvalue weighted by Crippen LogP contribution is 2.21. The Morgan fingerprint density at radius 1 is 1.21 bits per heavy atom. The molecule has 2 atom stereocenters. The number of anilines is 1. The molecule has 0 spiro atoms. The molecule has 2 unspecified atom stereocenters. The zero-order valence-corrected chi connectivity index (χ0v) is 18.1. The van der Waals surface area contributed by atoms with Gasteiger partial charge in [0.15, 0.2) is 11.6 Å². The molecular formula is C21H24F5N3O4. The average molecular weight is 477 g/mol. The van der Waals surface area contributed by atoms with Gasteiger partial charge in [-0.15, -0.1) is 0 Å². The summed E-state index contributed by atoms with van der Waals surface area (Å²) in [6, 6.07) is 6.83. The molecule has 1 fully saturated rings. The smallest absolute Gasteiger partial charge is 0.386 e. The molecule has 182 valence electrons. The summed E-state index contributed by atoms with van der Waals surface area (Å²) in [6.07, 6.45) is -1.31. The highest BCUT2D eigenvalue weighted by molar-refractivity contribution is 5.96. The van der Waals surface area contributed by atoms with E-state index >= 15 is 0 Å². The van der Waals surface area contributed by atoms with Crippen LogP contribution in [0, 0.1) is 11.6 Å². The molecule has 2 aromatic rings. The first-order valence-electron chi connectivity index (χ1n) is 9.58. The van der Waals surface area contributed by atoms with Gasteiger partial charge in [-0.1, -0.05) is 6.07 Å². The number of nitrogens with two attached hydrogens (primary N) is 1. The summed E-state index contributed by atoms with van der Waals surface area (Å²) in [5.41, 5.74) is 5.73. The maximum atomic E-state index is 12.5. The zero-order valence-electron chi connectivity index (χ0n) is 18.1. The molecule has 0 bridgehead atoms. The van der Waals surface area contributed by atoms with Gasteiger partial charge in [-0.25, -0.2) is 4.39 Å². The lowest BCUT2D eigenvalue weighted by Gasteiger charge is -2.11. The number of alkyl halides is 3. The largest absolute Gasteiger partial charge is 0.494 e. The van der Waals surface area contributed by atoms with Crippen molar-refractivity contribution < 1.29 is 41.0 Å². The SMILES string of the molecule is CC(F)(F)F.CC1CCC(C(=O)Nc2ccnc(C(N)=O)c2)O1.COc1cccc(F)c1F. The average Bonchev–Trinajstić information content (AvgIpc) is 3.16. The molecule has 3 rings (SSSR count). The van der Waals surface area contributed by atoms with Gasteiger partial charge in [-0.2, -0.15) is 17.6 Å². The number of methoxy groups -OCH3 is 1. The van der Waals surface area contributed by atoms with Crippen LogP contribution in [-0.2, 0) is 9.53 Å². The Balaban J connectivity index is 0.000000304. The fourth-order valence-electron chi connectivity index (χ4n) is 2.50. The van der Waals surface area contributed by atoms with Gasteiger partial charge in [0.25, 0.3) is 11.8 Å². The van der Waals surface area contributed by atoms with Crippen LogP contribution in [0.15, 0.2) is 36.5 Å². The Labute approximate surface area is 187 Å². The van der Waals surface area contributed by atoms with Crippen molar-refractivity contribution in [2.24, 2.45) is 5.73 Å². The second-order valence-electron chi connectivity index (χ2n) is 6.83. The van der Waals surface area contributed by atoms with E-state index in [1.807, 2.05) is 6.92 Å². The summed E-state index contributed by atoms with van der Waals surface area (Å²) < 4.78 is 65.8. The minimum atomic E-state index is -4.00. The van der Waals surface area contributed by atoms with Crippen molar-refractivity contribution in [3.63, 3.8) is 0 Å². The first-order chi connectivity index (χ1) is 15.3. The number of benzene rings is 1. The lowest BCUT2D eigenvalue weighted by molar-refractivity contribution is -0.126. The Hall–Kier alpha value is -3.28. The van der Waals surface area contributed by atoms with E-state index in [-0.39, 0.29) is 30.4 Å². The number of nitrogens with one attached hydrogen (secondary N) is 1. The summed E-state index contributed by atoms with van der Waals surface area (Å²) in [6.45, 7) is 2.12. The van der Waals surface area contributed by atoms with Gasteiger partial charge < -0.3 is 20.5 Å². The van der Waals surface area contributed by atoms with Crippen LogP contribution in [0.5, 0.6) is 5.75 Å². The number of halogens is 5. The van der Waals surface area contributed by atoms with E-state index in [1.165, 1.54) is 31.5 Å². The standard InChI is InChI=1S/C12H15N3O3.C7H6F2O.C2H3F3/c1-7-2-3-10(18-7)12(17)15-8-4-5-14-9(6-8)11(13)16;1-10-6-4-2-3-5(8)7(6)9;1-2(3,4)5/h4-7,10H,2-3H2,1H3,(H2,13,16)(H,14,15,17);2-4H,1H3;1H3. The highest BCUT2D eigenvalue weighted by atomic mass is 19.4. The van der Waals surface area contributed by atoms with Gasteiger partial charge in [0.1, 0.15) is 11.8 Å². The van der Waals surface area contributed by atoms with Gasteiger partial charge >= 0.3 is 6.18 Å². The molecule has 2 heterocycles. The van der Waals surface area contributed by atoms with Crippen molar-refractivity contribution >= 4 is 17.5 Å². The lowest BCUT2D eigenvalue weighted by atomic mass is 10.2. The number of hydrogen-bond donors (Lipinski definition) is 2. The summed E-state index contributed by atoms with van der Waals surface area (Å²) in [5, 5.41) is 2.69. The third-order valence-electron chi connectivity index (χ3n) is 3.94. The summed E-state index contributed by atoms with van der Waals surface area (Å²) in [5.74, 6) is -2.73. The lowest BCUT2D eigenvalue weighted by Crippen LogP contribution is -2.28. The van der Waals surface area contributed by atoms with E-state index in [0.717, 1.165) is 12.5 Å². The van der Waals surface area contributed by atoms with Gasteiger partial charge in [0, 0.05) is 18.8 Å². The number of carbonyl (C=O) groups excluding carboxylic acids is 2. The van der Waals surface area contributed by atoms with Crippen LogP contribution in [0.3, 0.4) is 0 Å². The van der Waals surface area contributed by atoms with Crippen molar-refractivity contribution in [1.82, 2.24) is 4.98 Å². The van der Waals surface area contributed by atoms with Gasteiger partial charge in [-0.3, -0.25) is 14.6 Å². The third-order valence-corrected chi connectivity index (χ3v) is 3.94. The predicted molar refractivity (Wildman–Crippen MR) is 110 cm³/mol. The predicted octanol–water partition coefficient (Wildman–Crippen LogP) is 4.23. The highest BCUT2D eigenvalue weighted by Gasteiger charge is 2.28. The Bertz CT molecular complexity index is 934. The maximum Gasteiger partial charge on any atom is 0.386 e. The molecule has 0 radical (unpaired) electrons. The van der Waals surface area contributed by atoms with E-state index in [2.05, 4.69) is 15.0 Å². The molecule has 12 heteroatoms. The topological polar surface area (TPSA) is 104 Å². The van der Waals surface area contributed by atoms with Crippen LogP contribution in [-0.4, -0.2) is 42.3 Å². The number of nitrogens with zero attached hydrogens (tertiary/aromatic N) is 1. The van der Waals surface area contributed by atoms with E-state index in [0.29, 0.717) is 12.1 Å². The number of pyridine rings is 1. The van der Waals surface area contributed by atoms with Crippen molar-refractivity contribution in [1.29, 1.82) is 0 Å². The fourth-order valence-corrected chi connectivity index (χ4v) is 2.50. The molecule has 7 nitrogen and oxygen atoms in total. The molecule has 0 saturated carbocycles. The number of ether oxygens (including phenoxy) is 2. The van der Waals surface area contributed by atoms with Crippen LogP contribution in [0.2, 0.25) is 0 Å². The van der Waals surface area contributed by atoms with Crippen LogP contribution in [0.1, 0.15) is 37.2 Å². The van der Waals surface area contributed by atoms with Gasteiger partial charge in [0.2, 0.25) is 5.82 Å². The van der Waals surface area contributed by atoms with Gasteiger partial charge in [-0.05, 0) is 44.0 Å². The van der Waals surface area contributed by atoms with Crippen molar-refractivity contribution in [3.05, 3.63) is 53.9 Å². The molecule has 1 aromatic carbocycles. The maximum absolute atomic E-state index is 12.5. The number of rotatable bonds is 4. The van der Waals surface area contributed by atoms with E-state index in [9.17, 15) is 31.5 Å². The molecule has 1 aromatic heterocycles. The summed E-state index contributed by atoms with van der Waals surface area (Å²) in [4.78, 5) is 26.6. The number of primary amides is 1. The van der Waals surface area contributed by atoms with Crippen molar-refractivity contribution in [3.8, 4) is 5.75 Å². The summed E-state index contributed by atoms with van der Waals surface area (Å²) >= 11 is 0. The van der Waals surface area contributed by atoms with E-state index in [4.69, 9.17) is 10.5 Å². The molecule has 1 aliphatic rings. The van der Waals surface area contributed by atoms with Crippen molar-refractivity contribution in [2.75, 3.05) is 12.4 Å². The van der Waals surface area contributed by atoms with Crippen LogP contribution < -0.4 is 15.8 Å². The molecular weight excluding hydrogens is 453 g/mol. The first kappa shape index (κ1) is 27.8. The van der Waals surface area contributed by atoms with Crippen LogP contribution in [0.4, 0.5) is 27.6 Å². The van der Waals surface area contributed by atoms with Gasteiger partial charge in [0.05, 0.1) is 13.2 Å². The third kappa shape index (κ3) is 10.7. The number of aromatic nitrogens is 1. The normalized spacial score (nSPS) is 17.1. The Kier molecular flexibility index (Phi) is 10.7. The fraction of sp³-hybridized carbons (Fsp3) is 0.381. The summed E-state index contributed by atoms with van der Waals surface area (Å²) in [7, 11) is 1.29. The Morgan fingerprint density at radius 2 is 1.85 bits per heavy atom. The number of carbonyl (C=O) groups is 2. The second kappa shape index (κ2) is 12.7. The molecule has 2 amide bonds. The minimum absolute atomic E-state index is 0.0694. The first-order valence-corrected chi connectivity index (χ1v) is 9.58. The molecule has 3 N–H and O–H groups in total. The van der Waals surface area contributed by atoms with E-state index in [1.54, 1.807) is 6.07 Å². The van der Waals surface area contributed by atoms with E-state index < -0.39 is 29.8 Å². The second-order valence-corrected chi connectivity index (χ2v) is 6.83. The molecule has 1 saturated heterocycles. The number of amides is 2. The minimum Gasteiger partial charge on any atom is -0.494 e. The number of hydrogen-bond acceptors (Lipinski definition) is 5. The Morgan fingerprint density at radius 3 is 2.33 bits per heavy atom.